The molecule has 2 aliphatic carbocycles. The van der Waals surface area contributed by atoms with Gasteiger partial charge < -0.3 is 14.9 Å². The lowest BCUT2D eigenvalue weighted by molar-refractivity contribution is -0.119. The molecule has 1 N–H and O–H groups in total. The van der Waals surface area contributed by atoms with Crippen LogP contribution in [0.2, 0.25) is 0 Å². The summed E-state index contributed by atoms with van der Waals surface area (Å²) in [6.07, 6.45) is 4.98. The number of nitrogens with zero attached hydrogens (tertiary/aromatic N) is 3. The van der Waals surface area contributed by atoms with Gasteiger partial charge in [0.05, 0.1) is 18.7 Å². The van der Waals surface area contributed by atoms with Gasteiger partial charge in [0, 0.05) is 48.7 Å². The Morgan fingerprint density at radius 1 is 0.732 bits per heavy atom. The van der Waals surface area contributed by atoms with Crippen LogP contribution in [0.25, 0.3) is 0 Å². The van der Waals surface area contributed by atoms with Crippen LogP contribution < -0.4 is 9.80 Å². The van der Waals surface area contributed by atoms with Gasteiger partial charge in [-0.3, -0.25) is 4.79 Å². The maximum Gasteiger partial charge on any atom is 0.335 e. The molecular weight excluding hydrogens is 774 g/mol. The van der Waals surface area contributed by atoms with Crippen LogP contribution in [-0.2, 0) is 27.9 Å². The molecule has 4 aromatic rings. The first-order valence-corrected chi connectivity index (χ1v) is 19.2. The topological polar surface area (TPSA) is 98.2 Å². The third-order valence-electron chi connectivity index (χ3n) is 10.3. The van der Waals surface area contributed by atoms with Gasteiger partial charge in [-0.1, -0.05) is 6.07 Å². The molecular formula is C39H33F8N3O5S. The molecule has 7 rings (SSSR count). The van der Waals surface area contributed by atoms with Crippen LogP contribution in [0.15, 0.2) is 53.4 Å². The molecule has 296 valence electrons. The molecule has 0 bridgehead atoms. The van der Waals surface area contributed by atoms with Crippen LogP contribution in [0, 0.1) is 46.5 Å². The van der Waals surface area contributed by atoms with E-state index in [9.17, 15) is 40.7 Å². The number of anilines is 2. The number of carboxylic acids is 1. The number of halogens is 8. The number of amides is 1. The molecule has 8 nitrogen and oxygen atoms in total. The highest BCUT2D eigenvalue weighted by molar-refractivity contribution is 7.89. The molecule has 0 spiro atoms. The smallest absolute Gasteiger partial charge is 0.335 e. The molecule has 0 atom stereocenters. The number of hydrogen-bond acceptors (Lipinski definition) is 5. The van der Waals surface area contributed by atoms with Crippen molar-refractivity contribution in [1.82, 2.24) is 4.31 Å². The maximum absolute atomic E-state index is 15.1. The third kappa shape index (κ3) is 7.70. The van der Waals surface area contributed by atoms with Gasteiger partial charge in [0.2, 0.25) is 21.7 Å². The van der Waals surface area contributed by atoms with E-state index in [1.807, 2.05) is 12.1 Å². The van der Waals surface area contributed by atoms with Gasteiger partial charge in [0.1, 0.15) is 17.5 Å². The van der Waals surface area contributed by atoms with Crippen molar-refractivity contribution < 1.29 is 58.2 Å². The van der Waals surface area contributed by atoms with Crippen molar-refractivity contribution in [2.24, 2.45) is 0 Å². The van der Waals surface area contributed by atoms with Gasteiger partial charge in [-0.25, -0.2) is 48.3 Å². The fraction of sp³-hybridized carbons (Fsp3) is 0.333. The van der Waals surface area contributed by atoms with E-state index >= 15 is 17.6 Å². The minimum atomic E-state index is -6.03. The number of aromatic carboxylic acids is 1. The SMILES string of the molecule is O=C(O)c1ccc(N(Cc2cc(C3CC3)cc(N3CCCC3)c2)C(=O)CN(Cc2c(F)cc(F)cc2F)S(=O)(=O)c2c(F)c(F)c(F)c(F)c2F)c(C2CC2)c1. The molecule has 3 aliphatic rings. The van der Waals surface area contributed by atoms with Crippen molar-refractivity contribution in [2.45, 2.75) is 68.3 Å². The van der Waals surface area contributed by atoms with Crippen LogP contribution in [0.4, 0.5) is 46.5 Å². The molecule has 3 fully saturated rings. The van der Waals surface area contributed by atoms with Gasteiger partial charge in [-0.2, -0.15) is 4.31 Å². The molecule has 17 heteroatoms. The first kappa shape index (κ1) is 39.2. The van der Waals surface area contributed by atoms with Crippen molar-refractivity contribution >= 4 is 33.3 Å². The Kier molecular flexibility index (Phi) is 10.6. The van der Waals surface area contributed by atoms with Crippen LogP contribution >= 0.6 is 0 Å². The highest BCUT2D eigenvalue weighted by atomic mass is 32.2. The first-order valence-electron chi connectivity index (χ1n) is 17.8. The summed E-state index contributed by atoms with van der Waals surface area (Å²) in [6.45, 7) is -1.76. The molecule has 0 radical (unpaired) electrons. The van der Waals surface area contributed by atoms with E-state index in [-0.39, 0.29) is 46.1 Å². The fourth-order valence-electron chi connectivity index (χ4n) is 7.05. The van der Waals surface area contributed by atoms with Crippen LogP contribution in [-0.4, -0.2) is 49.3 Å². The lowest BCUT2D eigenvalue weighted by Crippen LogP contribution is -2.43. The van der Waals surface area contributed by atoms with Gasteiger partial charge >= 0.3 is 5.97 Å². The van der Waals surface area contributed by atoms with E-state index in [0.29, 0.717) is 24.0 Å². The predicted molar refractivity (Wildman–Crippen MR) is 187 cm³/mol. The van der Waals surface area contributed by atoms with Crippen LogP contribution in [0.1, 0.15) is 83.0 Å². The van der Waals surface area contributed by atoms with E-state index in [4.69, 9.17) is 0 Å². The Labute approximate surface area is 316 Å². The monoisotopic (exact) mass is 807 g/mol. The Balaban J connectivity index is 1.36. The number of hydrogen-bond donors (Lipinski definition) is 1. The second-order valence-corrected chi connectivity index (χ2v) is 16.1. The number of carbonyl (C=O) groups excluding carboxylic acids is 1. The maximum atomic E-state index is 15.1. The van der Waals surface area contributed by atoms with Crippen LogP contribution in [0.5, 0.6) is 0 Å². The van der Waals surface area contributed by atoms with E-state index in [0.717, 1.165) is 54.9 Å². The van der Waals surface area contributed by atoms with E-state index in [1.54, 1.807) is 0 Å². The van der Waals surface area contributed by atoms with Crippen molar-refractivity contribution in [2.75, 3.05) is 29.4 Å². The Bertz CT molecular complexity index is 2310. The summed E-state index contributed by atoms with van der Waals surface area (Å²) in [7, 11) is -6.03. The van der Waals surface area contributed by atoms with Crippen molar-refractivity contribution in [3.63, 3.8) is 0 Å². The average molecular weight is 808 g/mol. The molecule has 1 heterocycles. The molecule has 2 saturated carbocycles. The zero-order valence-electron chi connectivity index (χ0n) is 29.4. The lowest BCUT2D eigenvalue weighted by atomic mass is 10.0. The number of sulfonamides is 1. The average Bonchev–Trinajstić information content (AvgIpc) is 4.10. The molecule has 1 aliphatic heterocycles. The quantitative estimate of drug-likeness (QED) is 0.0831. The minimum Gasteiger partial charge on any atom is -0.478 e. The fourth-order valence-corrected chi connectivity index (χ4v) is 8.52. The molecule has 0 unspecified atom stereocenters. The molecule has 0 aromatic heterocycles. The summed E-state index contributed by atoms with van der Waals surface area (Å²) in [5.74, 6) is -20.7. The molecule has 56 heavy (non-hydrogen) atoms. The first-order chi connectivity index (χ1) is 26.5. The van der Waals surface area contributed by atoms with Gasteiger partial charge in [-0.15, -0.1) is 0 Å². The normalized spacial score (nSPS) is 15.8. The minimum absolute atomic E-state index is 0.118. The standard InChI is InChI=1S/C39H33F8N3O5S/c40-25-15-29(41)28(30(42)16-25)18-49(56(54,55)38-36(46)34(44)33(43)35(45)37(38)47)19-32(51)50(31-8-7-23(39(52)53)14-27(31)22-5-6-22)17-20-11-24(21-3-4-21)13-26(12-20)48-9-1-2-10-48/h7-8,11-16,21-22H,1-6,9-10,17-19H2,(H,52,53). The molecule has 1 amide bonds. The number of rotatable bonds is 13. The number of benzene rings is 4. The summed E-state index contributed by atoms with van der Waals surface area (Å²) >= 11 is 0. The molecule has 4 aromatic carbocycles. The number of carbonyl (C=O) groups is 2. The Hall–Kier alpha value is -5.03. The highest BCUT2D eigenvalue weighted by Gasteiger charge is 2.40. The van der Waals surface area contributed by atoms with E-state index < -0.39 is 92.0 Å². The third-order valence-corrected chi connectivity index (χ3v) is 12.1. The second kappa shape index (κ2) is 15.1. The summed E-state index contributed by atoms with van der Waals surface area (Å²) in [5.41, 5.74) is 1.64. The summed E-state index contributed by atoms with van der Waals surface area (Å²) in [6, 6.07) is 10.0. The second-order valence-electron chi connectivity index (χ2n) is 14.3. The zero-order chi connectivity index (χ0) is 40.2. The van der Waals surface area contributed by atoms with Crippen LogP contribution in [0.3, 0.4) is 0 Å². The summed E-state index contributed by atoms with van der Waals surface area (Å²) in [5, 5.41) is 9.75. The predicted octanol–water partition coefficient (Wildman–Crippen LogP) is 8.28. The van der Waals surface area contributed by atoms with E-state index in [2.05, 4.69) is 11.0 Å². The van der Waals surface area contributed by atoms with Crippen molar-refractivity contribution in [1.29, 1.82) is 0 Å². The Morgan fingerprint density at radius 2 is 1.32 bits per heavy atom. The zero-order valence-corrected chi connectivity index (χ0v) is 30.2. The summed E-state index contributed by atoms with van der Waals surface area (Å²) in [4.78, 5) is 27.5. The summed E-state index contributed by atoms with van der Waals surface area (Å²) < 4.78 is 145. The van der Waals surface area contributed by atoms with Crippen molar-refractivity contribution in [3.8, 4) is 0 Å². The van der Waals surface area contributed by atoms with Gasteiger partial charge in [0.15, 0.2) is 28.2 Å². The van der Waals surface area contributed by atoms with Gasteiger partial charge in [0.25, 0.3) is 0 Å². The molecule has 1 saturated heterocycles. The highest BCUT2D eigenvalue weighted by Crippen LogP contribution is 2.46. The van der Waals surface area contributed by atoms with Gasteiger partial charge in [-0.05, 0) is 97.4 Å². The lowest BCUT2D eigenvalue weighted by Gasteiger charge is -2.30. The number of carboxylic acid groups (broad SMARTS) is 1. The Morgan fingerprint density at radius 3 is 1.89 bits per heavy atom. The van der Waals surface area contributed by atoms with E-state index in [1.165, 1.54) is 18.2 Å². The largest absolute Gasteiger partial charge is 0.478 e. The van der Waals surface area contributed by atoms with Crippen molar-refractivity contribution in [3.05, 3.63) is 123 Å².